The van der Waals surface area contributed by atoms with Gasteiger partial charge in [-0.05, 0) is 45.0 Å². The molecule has 0 aliphatic carbocycles. The molecular formula is C16H26N3O3+. The van der Waals surface area contributed by atoms with Crippen LogP contribution in [-0.4, -0.2) is 44.6 Å². The first-order valence-electron chi connectivity index (χ1n) is 7.58. The molecule has 0 bridgehead atoms. The van der Waals surface area contributed by atoms with Crippen molar-refractivity contribution in [2.75, 3.05) is 32.1 Å². The van der Waals surface area contributed by atoms with Crippen molar-refractivity contribution in [1.82, 2.24) is 5.32 Å². The van der Waals surface area contributed by atoms with Gasteiger partial charge in [0.15, 0.2) is 12.6 Å². The summed E-state index contributed by atoms with van der Waals surface area (Å²) in [6.45, 7) is 7.23. The summed E-state index contributed by atoms with van der Waals surface area (Å²) < 4.78 is 5.08. The van der Waals surface area contributed by atoms with Gasteiger partial charge in [0, 0.05) is 12.2 Å². The molecule has 0 aliphatic heterocycles. The average Bonchev–Trinajstić information content (AvgIpc) is 2.52. The molecule has 0 fully saturated rings. The maximum absolute atomic E-state index is 12.1. The van der Waals surface area contributed by atoms with Crippen molar-refractivity contribution < 1.29 is 19.2 Å². The molecule has 0 aliphatic rings. The second-order valence-corrected chi connectivity index (χ2v) is 5.08. The largest absolute Gasteiger partial charge is 0.497 e. The van der Waals surface area contributed by atoms with Crippen LogP contribution in [0.5, 0.6) is 5.75 Å². The Kier molecular flexibility index (Phi) is 7.39. The molecule has 0 saturated carbocycles. The van der Waals surface area contributed by atoms with Gasteiger partial charge in [0.2, 0.25) is 0 Å². The van der Waals surface area contributed by atoms with Crippen molar-refractivity contribution in [1.29, 1.82) is 0 Å². The summed E-state index contributed by atoms with van der Waals surface area (Å²) in [6.07, 6.45) is 0. The summed E-state index contributed by atoms with van der Waals surface area (Å²) in [6, 6.07) is 6.89. The van der Waals surface area contributed by atoms with Gasteiger partial charge < -0.3 is 20.3 Å². The summed E-state index contributed by atoms with van der Waals surface area (Å²) in [5.41, 5.74) is 0.715. The lowest BCUT2D eigenvalue weighted by molar-refractivity contribution is -0.904. The van der Waals surface area contributed by atoms with Crippen molar-refractivity contribution in [2.24, 2.45) is 0 Å². The highest BCUT2D eigenvalue weighted by Gasteiger charge is 2.25. The number of quaternary nitrogens is 1. The van der Waals surface area contributed by atoms with Crippen LogP contribution in [0.1, 0.15) is 20.8 Å². The number of ether oxygens (including phenoxy) is 1. The van der Waals surface area contributed by atoms with E-state index in [-0.39, 0.29) is 24.4 Å². The maximum Gasteiger partial charge on any atom is 0.279 e. The van der Waals surface area contributed by atoms with Crippen molar-refractivity contribution in [3.63, 3.8) is 0 Å². The van der Waals surface area contributed by atoms with E-state index in [9.17, 15) is 9.59 Å². The van der Waals surface area contributed by atoms with Crippen LogP contribution in [0.4, 0.5) is 5.69 Å². The van der Waals surface area contributed by atoms with E-state index >= 15 is 0 Å². The van der Waals surface area contributed by atoms with Gasteiger partial charge in [-0.1, -0.05) is 0 Å². The molecule has 2 amide bonds. The van der Waals surface area contributed by atoms with E-state index in [1.807, 2.05) is 20.8 Å². The minimum absolute atomic E-state index is 0.0309. The third-order valence-electron chi connectivity index (χ3n) is 3.57. The molecule has 0 spiro atoms. The standard InChI is InChI=1S/C16H25N3O3/c1-5-17-16(21)12(3)19(6-2)11-15(20)18-13-7-9-14(22-4)10-8-13/h7-10,12H,5-6,11H2,1-4H3,(H,17,21)(H,18,20)/p+1/t12-/m1/s1. The fourth-order valence-corrected chi connectivity index (χ4v) is 2.18. The Morgan fingerprint density at radius 1 is 1.23 bits per heavy atom. The number of benzene rings is 1. The van der Waals surface area contributed by atoms with Crippen LogP contribution >= 0.6 is 0 Å². The second-order valence-electron chi connectivity index (χ2n) is 5.08. The number of methoxy groups -OCH3 is 1. The molecule has 122 valence electrons. The van der Waals surface area contributed by atoms with E-state index < -0.39 is 0 Å². The zero-order valence-corrected chi connectivity index (χ0v) is 13.7. The van der Waals surface area contributed by atoms with Gasteiger partial charge in [-0.3, -0.25) is 9.59 Å². The number of carbonyl (C=O) groups excluding carboxylic acids is 2. The molecule has 6 heteroatoms. The highest BCUT2D eigenvalue weighted by molar-refractivity contribution is 5.91. The normalized spacial score (nSPS) is 13.1. The number of amides is 2. The Hall–Kier alpha value is -2.08. The van der Waals surface area contributed by atoms with Crippen LogP contribution in [0, 0.1) is 0 Å². The Labute approximate surface area is 131 Å². The molecule has 0 aromatic heterocycles. The molecule has 2 atom stereocenters. The molecule has 3 N–H and O–H groups in total. The van der Waals surface area contributed by atoms with Crippen LogP contribution in [0.2, 0.25) is 0 Å². The monoisotopic (exact) mass is 308 g/mol. The van der Waals surface area contributed by atoms with Crippen LogP contribution in [0.15, 0.2) is 24.3 Å². The molecule has 0 radical (unpaired) electrons. The van der Waals surface area contributed by atoms with Crippen molar-refractivity contribution in [2.45, 2.75) is 26.8 Å². The van der Waals surface area contributed by atoms with E-state index in [0.717, 1.165) is 10.6 Å². The number of anilines is 1. The van der Waals surface area contributed by atoms with Crippen molar-refractivity contribution >= 4 is 17.5 Å². The molecule has 1 aromatic carbocycles. The Bertz CT molecular complexity index is 488. The highest BCUT2D eigenvalue weighted by Crippen LogP contribution is 2.14. The fraction of sp³-hybridized carbons (Fsp3) is 0.500. The van der Waals surface area contributed by atoms with E-state index in [1.54, 1.807) is 31.4 Å². The number of carbonyl (C=O) groups is 2. The molecule has 1 unspecified atom stereocenters. The molecule has 0 saturated heterocycles. The Balaban J connectivity index is 2.58. The van der Waals surface area contributed by atoms with Crippen LogP contribution in [-0.2, 0) is 9.59 Å². The topological polar surface area (TPSA) is 71.9 Å². The number of hydrogen-bond donors (Lipinski definition) is 3. The van der Waals surface area contributed by atoms with Gasteiger partial charge in [0.25, 0.3) is 11.8 Å². The number of likely N-dealkylation sites (N-methyl/N-ethyl adjacent to an activating group) is 2. The van der Waals surface area contributed by atoms with E-state index in [4.69, 9.17) is 4.74 Å². The minimum atomic E-state index is -0.258. The first kappa shape index (κ1) is 18.0. The third-order valence-corrected chi connectivity index (χ3v) is 3.57. The van der Waals surface area contributed by atoms with E-state index in [0.29, 0.717) is 18.8 Å². The fourth-order valence-electron chi connectivity index (χ4n) is 2.18. The number of rotatable bonds is 8. The zero-order valence-electron chi connectivity index (χ0n) is 13.7. The van der Waals surface area contributed by atoms with E-state index in [1.165, 1.54) is 0 Å². The van der Waals surface area contributed by atoms with Gasteiger partial charge in [-0.15, -0.1) is 0 Å². The zero-order chi connectivity index (χ0) is 16.5. The molecular weight excluding hydrogens is 282 g/mol. The number of nitrogens with one attached hydrogen (secondary N) is 3. The second kappa shape index (κ2) is 9.04. The van der Waals surface area contributed by atoms with Gasteiger partial charge in [0.05, 0.1) is 13.7 Å². The predicted molar refractivity (Wildman–Crippen MR) is 86.1 cm³/mol. The molecule has 1 rings (SSSR count). The predicted octanol–water partition coefficient (Wildman–Crippen LogP) is 0.0631. The van der Waals surface area contributed by atoms with Crippen LogP contribution in [0.3, 0.4) is 0 Å². The quantitative estimate of drug-likeness (QED) is 0.636. The summed E-state index contributed by atoms with van der Waals surface area (Å²) in [5, 5.41) is 5.63. The number of hydrogen-bond acceptors (Lipinski definition) is 3. The summed E-state index contributed by atoms with van der Waals surface area (Å²) in [5.74, 6) is 0.596. The Morgan fingerprint density at radius 2 is 1.86 bits per heavy atom. The average molecular weight is 308 g/mol. The summed E-state index contributed by atoms with van der Waals surface area (Å²) in [4.78, 5) is 24.9. The Morgan fingerprint density at radius 3 is 2.36 bits per heavy atom. The lowest BCUT2D eigenvalue weighted by Crippen LogP contribution is -3.17. The molecule has 22 heavy (non-hydrogen) atoms. The maximum atomic E-state index is 12.1. The van der Waals surface area contributed by atoms with Gasteiger partial charge >= 0.3 is 0 Å². The van der Waals surface area contributed by atoms with E-state index in [2.05, 4.69) is 10.6 Å². The molecule has 1 aromatic rings. The minimum Gasteiger partial charge on any atom is -0.497 e. The van der Waals surface area contributed by atoms with Crippen LogP contribution in [0.25, 0.3) is 0 Å². The van der Waals surface area contributed by atoms with Gasteiger partial charge in [-0.25, -0.2) is 0 Å². The first-order valence-corrected chi connectivity index (χ1v) is 7.58. The van der Waals surface area contributed by atoms with Gasteiger partial charge in [-0.2, -0.15) is 0 Å². The van der Waals surface area contributed by atoms with Gasteiger partial charge in [0.1, 0.15) is 5.75 Å². The van der Waals surface area contributed by atoms with Crippen LogP contribution < -0.4 is 20.3 Å². The highest BCUT2D eigenvalue weighted by atomic mass is 16.5. The molecule has 0 heterocycles. The third kappa shape index (κ3) is 5.37. The lowest BCUT2D eigenvalue weighted by atomic mass is 10.2. The summed E-state index contributed by atoms with van der Waals surface area (Å²) in [7, 11) is 1.60. The smallest absolute Gasteiger partial charge is 0.279 e. The summed E-state index contributed by atoms with van der Waals surface area (Å²) >= 11 is 0. The SMILES string of the molecule is CCNC(=O)[C@@H](C)[NH+](CC)CC(=O)Nc1ccc(OC)cc1. The lowest BCUT2D eigenvalue weighted by Gasteiger charge is -2.23. The van der Waals surface area contributed by atoms with Crippen molar-refractivity contribution in [3.05, 3.63) is 24.3 Å². The molecule has 6 nitrogen and oxygen atoms in total. The van der Waals surface area contributed by atoms with Crippen molar-refractivity contribution in [3.8, 4) is 5.75 Å². The first-order chi connectivity index (χ1) is 10.5.